The van der Waals surface area contributed by atoms with Gasteiger partial charge in [0.25, 0.3) is 0 Å². The Labute approximate surface area is 164 Å². The SMILES string of the molecule is Cc1cc(Oc2ccccc2F)ccc1C(=O)c1c[nH]c2ncc(Cl)c(N)c12. The molecule has 0 aliphatic heterocycles. The number of halogens is 2. The molecule has 4 rings (SSSR count). The Kier molecular flexibility index (Phi) is 4.49. The summed E-state index contributed by atoms with van der Waals surface area (Å²) in [6, 6.07) is 11.1. The molecule has 0 spiro atoms. The van der Waals surface area contributed by atoms with E-state index < -0.39 is 5.82 Å². The third-order valence-electron chi connectivity index (χ3n) is 4.44. The van der Waals surface area contributed by atoms with E-state index in [9.17, 15) is 9.18 Å². The number of para-hydroxylation sites is 1. The van der Waals surface area contributed by atoms with Gasteiger partial charge >= 0.3 is 0 Å². The average molecular weight is 396 g/mol. The number of aromatic nitrogens is 2. The molecule has 4 aromatic rings. The van der Waals surface area contributed by atoms with E-state index in [1.807, 2.05) is 0 Å². The Morgan fingerprint density at radius 2 is 2.00 bits per heavy atom. The minimum Gasteiger partial charge on any atom is -0.454 e. The number of ketones is 1. The lowest BCUT2D eigenvalue weighted by atomic mass is 9.98. The summed E-state index contributed by atoms with van der Waals surface area (Å²) in [6.07, 6.45) is 3.00. The summed E-state index contributed by atoms with van der Waals surface area (Å²) in [6.45, 7) is 1.78. The number of H-pyrrole nitrogens is 1. The maximum Gasteiger partial charge on any atom is 0.195 e. The van der Waals surface area contributed by atoms with Gasteiger partial charge in [-0.1, -0.05) is 23.7 Å². The number of pyridine rings is 1. The van der Waals surface area contributed by atoms with Crippen LogP contribution in [0.15, 0.2) is 54.9 Å². The van der Waals surface area contributed by atoms with E-state index in [0.717, 1.165) is 0 Å². The van der Waals surface area contributed by atoms with Crippen LogP contribution in [-0.4, -0.2) is 15.8 Å². The van der Waals surface area contributed by atoms with Crippen molar-refractivity contribution in [3.8, 4) is 11.5 Å². The molecule has 2 heterocycles. The summed E-state index contributed by atoms with van der Waals surface area (Å²) in [5.41, 5.74) is 8.37. The molecule has 0 radical (unpaired) electrons. The lowest BCUT2D eigenvalue weighted by Gasteiger charge is -2.10. The second-order valence-electron chi connectivity index (χ2n) is 6.28. The molecule has 0 atom stereocenters. The van der Waals surface area contributed by atoms with Crippen molar-refractivity contribution in [3.63, 3.8) is 0 Å². The van der Waals surface area contributed by atoms with Crippen LogP contribution in [0.5, 0.6) is 11.5 Å². The Balaban J connectivity index is 1.70. The number of rotatable bonds is 4. The van der Waals surface area contributed by atoms with Crippen LogP contribution >= 0.6 is 11.6 Å². The minimum atomic E-state index is -0.459. The Bertz CT molecular complexity index is 1220. The molecule has 28 heavy (non-hydrogen) atoms. The van der Waals surface area contributed by atoms with E-state index in [1.54, 1.807) is 43.5 Å². The highest BCUT2D eigenvalue weighted by atomic mass is 35.5. The smallest absolute Gasteiger partial charge is 0.195 e. The highest BCUT2D eigenvalue weighted by Gasteiger charge is 2.20. The molecular weight excluding hydrogens is 381 g/mol. The van der Waals surface area contributed by atoms with Gasteiger partial charge in [-0.3, -0.25) is 4.79 Å². The zero-order chi connectivity index (χ0) is 19.8. The van der Waals surface area contributed by atoms with Crippen molar-refractivity contribution in [1.29, 1.82) is 0 Å². The molecule has 0 aliphatic rings. The summed E-state index contributed by atoms with van der Waals surface area (Å²) in [5.74, 6) is -0.135. The number of aryl methyl sites for hydroxylation is 1. The lowest BCUT2D eigenvalue weighted by molar-refractivity contribution is 0.103. The number of nitrogens with zero attached hydrogens (tertiary/aromatic N) is 1. The van der Waals surface area contributed by atoms with E-state index in [0.29, 0.717) is 39.2 Å². The van der Waals surface area contributed by atoms with Gasteiger partial charge in [0.1, 0.15) is 11.4 Å². The molecule has 3 N–H and O–H groups in total. The highest BCUT2D eigenvalue weighted by molar-refractivity contribution is 6.35. The summed E-state index contributed by atoms with van der Waals surface area (Å²) < 4.78 is 19.4. The second kappa shape index (κ2) is 6.98. The van der Waals surface area contributed by atoms with E-state index >= 15 is 0 Å². The average Bonchev–Trinajstić information content (AvgIpc) is 3.11. The molecule has 0 fully saturated rings. The van der Waals surface area contributed by atoms with Crippen molar-refractivity contribution in [2.45, 2.75) is 6.92 Å². The standard InChI is InChI=1S/C21H15ClFN3O2/c1-11-8-12(28-17-5-3-2-4-16(17)23)6-7-13(11)20(27)14-9-25-21-18(14)19(24)15(22)10-26-21/h2-10H,1H3,(H3,24,25,26). The highest BCUT2D eigenvalue weighted by Crippen LogP contribution is 2.32. The van der Waals surface area contributed by atoms with Gasteiger partial charge < -0.3 is 15.5 Å². The summed E-state index contributed by atoms with van der Waals surface area (Å²) in [5, 5.41) is 0.773. The van der Waals surface area contributed by atoms with Crippen molar-refractivity contribution in [3.05, 3.63) is 82.4 Å². The zero-order valence-corrected chi connectivity index (χ0v) is 15.5. The van der Waals surface area contributed by atoms with Gasteiger partial charge in [-0.05, 0) is 42.8 Å². The first-order chi connectivity index (χ1) is 13.5. The van der Waals surface area contributed by atoms with E-state index in [1.165, 1.54) is 18.3 Å². The van der Waals surface area contributed by atoms with Crippen molar-refractivity contribution >= 4 is 34.1 Å². The van der Waals surface area contributed by atoms with Gasteiger partial charge in [0.2, 0.25) is 0 Å². The van der Waals surface area contributed by atoms with Crippen LogP contribution in [0, 0.1) is 12.7 Å². The van der Waals surface area contributed by atoms with Crippen molar-refractivity contribution in [1.82, 2.24) is 9.97 Å². The van der Waals surface area contributed by atoms with Crippen molar-refractivity contribution in [2.75, 3.05) is 5.73 Å². The number of nitrogen functional groups attached to an aromatic ring is 1. The van der Waals surface area contributed by atoms with Crippen LogP contribution < -0.4 is 10.5 Å². The minimum absolute atomic E-state index is 0.117. The molecule has 0 saturated carbocycles. The van der Waals surface area contributed by atoms with Gasteiger partial charge in [-0.15, -0.1) is 0 Å². The topological polar surface area (TPSA) is 81.0 Å². The molecule has 140 valence electrons. The van der Waals surface area contributed by atoms with Crippen LogP contribution in [0.3, 0.4) is 0 Å². The molecule has 5 nitrogen and oxygen atoms in total. The molecule has 2 aromatic carbocycles. The van der Waals surface area contributed by atoms with Crippen molar-refractivity contribution in [2.24, 2.45) is 0 Å². The monoisotopic (exact) mass is 395 g/mol. The van der Waals surface area contributed by atoms with Gasteiger partial charge in [0, 0.05) is 11.8 Å². The van der Waals surface area contributed by atoms with Crippen molar-refractivity contribution < 1.29 is 13.9 Å². The number of carbonyl (C=O) groups excluding carboxylic acids is 1. The van der Waals surface area contributed by atoms with Crippen LogP contribution in [0.2, 0.25) is 5.02 Å². The van der Waals surface area contributed by atoms with Crippen LogP contribution in [0.1, 0.15) is 21.5 Å². The van der Waals surface area contributed by atoms with Crippen LogP contribution in [0.25, 0.3) is 11.0 Å². The van der Waals surface area contributed by atoms with Gasteiger partial charge in [0.15, 0.2) is 17.3 Å². The summed E-state index contributed by atoms with van der Waals surface area (Å²) >= 11 is 6.05. The number of fused-ring (bicyclic) bond motifs is 1. The lowest BCUT2D eigenvalue weighted by Crippen LogP contribution is -2.04. The number of nitrogens with one attached hydrogen (secondary N) is 1. The first-order valence-corrected chi connectivity index (χ1v) is 8.82. The first-order valence-electron chi connectivity index (χ1n) is 8.44. The molecule has 0 bridgehead atoms. The van der Waals surface area contributed by atoms with E-state index in [2.05, 4.69) is 9.97 Å². The number of nitrogens with two attached hydrogens (primary N) is 1. The zero-order valence-electron chi connectivity index (χ0n) is 14.8. The van der Waals surface area contributed by atoms with E-state index in [-0.39, 0.29) is 16.6 Å². The quantitative estimate of drug-likeness (QED) is 0.461. The first kappa shape index (κ1) is 18.0. The van der Waals surface area contributed by atoms with Crippen LogP contribution in [0.4, 0.5) is 10.1 Å². The van der Waals surface area contributed by atoms with E-state index in [4.69, 9.17) is 22.1 Å². The fourth-order valence-electron chi connectivity index (χ4n) is 3.03. The molecule has 2 aromatic heterocycles. The molecule has 7 heteroatoms. The predicted molar refractivity (Wildman–Crippen MR) is 107 cm³/mol. The fourth-order valence-corrected chi connectivity index (χ4v) is 3.17. The van der Waals surface area contributed by atoms with Gasteiger partial charge in [-0.2, -0.15) is 0 Å². The van der Waals surface area contributed by atoms with Gasteiger partial charge in [0.05, 0.1) is 27.9 Å². The van der Waals surface area contributed by atoms with Gasteiger partial charge in [-0.25, -0.2) is 9.37 Å². The number of hydrogen-bond acceptors (Lipinski definition) is 4. The Morgan fingerprint density at radius 3 is 2.75 bits per heavy atom. The number of ether oxygens (including phenoxy) is 1. The molecule has 0 aliphatic carbocycles. The summed E-state index contributed by atoms with van der Waals surface area (Å²) in [4.78, 5) is 20.2. The third-order valence-corrected chi connectivity index (χ3v) is 4.75. The number of hydrogen-bond donors (Lipinski definition) is 2. The number of benzene rings is 2. The van der Waals surface area contributed by atoms with Crippen LogP contribution in [-0.2, 0) is 0 Å². The number of carbonyl (C=O) groups is 1. The number of aromatic amines is 1. The molecule has 0 unspecified atom stereocenters. The third kappa shape index (κ3) is 3.08. The maximum atomic E-state index is 13.8. The predicted octanol–water partition coefficient (Wildman–Crippen LogP) is 5.27. The Hall–Kier alpha value is -3.38. The molecule has 0 saturated heterocycles. The molecular formula is C21H15ClFN3O2. The normalized spacial score (nSPS) is 11.0. The Morgan fingerprint density at radius 1 is 1.21 bits per heavy atom. The number of anilines is 1. The fraction of sp³-hybridized carbons (Fsp3) is 0.0476. The maximum absolute atomic E-state index is 13.8. The second-order valence-corrected chi connectivity index (χ2v) is 6.69. The largest absolute Gasteiger partial charge is 0.454 e. The molecule has 0 amide bonds. The summed E-state index contributed by atoms with van der Waals surface area (Å²) in [7, 11) is 0.